The Morgan fingerprint density at radius 2 is 1.88 bits per heavy atom. The molecule has 0 saturated heterocycles. The Morgan fingerprint density at radius 3 is 2.44 bits per heavy atom. The average Bonchev–Trinajstić information content (AvgIpc) is 3.18. The van der Waals surface area contributed by atoms with Crippen LogP contribution in [0, 0.1) is 5.82 Å². The third kappa shape index (κ3) is 4.15. The second-order valence-corrected chi connectivity index (χ2v) is 11.0. The van der Waals surface area contributed by atoms with Crippen LogP contribution in [0.5, 0.6) is 0 Å². The van der Waals surface area contributed by atoms with Crippen molar-refractivity contribution in [3.05, 3.63) is 46.4 Å². The smallest absolute Gasteiger partial charge is 0.283 e. The Balaban J connectivity index is 1.97. The number of fused-ring (bicyclic) bond motifs is 1. The van der Waals surface area contributed by atoms with Gasteiger partial charge >= 0.3 is 0 Å². The Bertz CT molecular complexity index is 1200. The van der Waals surface area contributed by atoms with Crippen LogP contribution in [-0.4, -0.2) is 49.0 Å². The number of benzene rings is 1. The van der Waals surface area contributed by atoms with Crippen molar-refractivity contribution in [1.29, 1.82) is 0 Å². The van der Waals surface area contributed by atoms with Crippen molar-refractivity contribution in [3.8, 4) is 0 Å². The van der Waals surface area contributed by atoms with E-state index in [2.05, 4.69) is 9.82 Å². The number of carbonyl (C=O) groups excluding carboxylic acids is 2. The van der Waals surface area contributed by atoms with Crippen LogP contribution >= 0.6 is 0 Å². The molecule has 3 rings (SSSR count). The summed E-state index contributed by atoms with van der Waals surface area (Å²) in [5.74, 6) is -2.28. The maximum absolute atomic E-state index is 14.3. The van der Waals surface area contributed by atoms with Gasteiger partial charge in [-0.25, -0.2) is 9.11 Å². The van der Waals surface area contributed by atoms with Gasteiger partial charge in [0.1, 0.15) is 11.5 Å². The first-order valence-corrected chi connectivity index (χ1v) is 11.8. The third-order valence-corrected chi connectivity index (χ3v) is 7.12. The van der Waals surface area contributed by atoms with Gasteiger partial charge in [-0.05, 0) is 46.6 Å². The monoisotopic (exact) mass is 464 g/mol. The number of nitrogens with one attached hydrogen (secondary N) is 1. The van der Waals surface area contributed by atoms with Crippen LogP contribution in [0.3, 0.4) is 0 Å². The highest BCUT2D eigenvalue weighted by molar-refractivity contribution is 7.90. The van der Waals surface area contributed by atoms with E-state index in [1.54, 1.807) is 14.1 Å². The number of sulfonamides is 1. The molecular weight excluding hydrogens is 435 g/mol. The zero-order valence-electron chi connectivity index (χ0n) is 19.4. The lowest BCUT2D eigenvalue weighted by molar-refractivity contribution is -0.121. The quantitative estimate of drug-likeness (QED) is 0.733. The van der Waals surface area contributed by atoms with Gasteiger partial charge in [-0.1, -0.05) is 27.7 Å². The maximum atomic E-state index is 14.3. The second kappa shape index (κ2) is 7.99. The molecule has 1 heterocycles. The van der Waals surface area contributed by atoms with E-state index in [0.717, 1.165) is 16.3 Å². The topological polar surface area (TPSA) is 101 Å². The molecule has 1 aromatic heterocycles. The van der Waals surface area contributed by atoms with Crippen LogP contribution in [0.15, 0.2) is 23.2 Å². The number of hydrogen-bond donors (Lipinski definition) is 1. The summed E-state index contributed by atoms with van der Waals surface area (Å²) in [5.41, 5.74) is 1.68. The number of aromatic nitrogens is 2. The van der Waals surface area contributed by atoms with Crippen LogP contribution in [0.2, 0.25) is 0 Å². The van der Waals surface area contributed by atoms with E-state index in [4.69, 9.17) is 0 Å². The highest BCUT2D eigenvalue weighted by Gasteiger charge is 2.43. The van der Waals surface area contributed by atoms with Crippen molar-refractivity contribution in [2.24, 2.45) is 7.05 Å². The number of rotatable bonds is 5. The Kier molecular flexibility index (Phi) is 5.97. The SMILES string of the molecule is CC(C)c1cc(F)cc2c1C(C(=O)NS(=O)(=O)c1cc(C(=O)N(C)C)n(C)n1)CC2(C)C. The van der Waals surface area contributed by atoms with Crippen molar-refractivity contribution in [2.75, 3.05) is 14.1 Å². The van der Waals surface area contributed by atoms with Crippen molar-refractivity contribution >= 4 is 21.8 Å². The molecule has 10 heteroatoms. The number of carbonyl (C=O) groups is 2. The van der Waals surface area contributed by atoms with Crippen molar-refractivity contribution in [1.82, 2.24) is 19.4 Å². The zero-order chi connectivity index (χ0) is 24.2. The predicted molar refractivity (Wildman–Crippen MR) is 117 cm³/mol. The van der Waals surface area contributed by atoms with Gasteiger partial charge in [0.15, 0.2) is 5.03 Å². The number of hydrogen-bond acceptors (Lipinski definition) is 5. The van der Waals surface area contributed by atoms with E-state index in [-0.39, 0.29) is 17.4 Å². The summed E-state index contributed by atoms with van der Waals surface area (Å²) >= 11 is 0. The van der Waals surface area contributed by atoms with E-state index in [1.807, 2.05) is 27.7 Å². The van der Waals surface area contributed by atoms with Gasteiger partial charge in [0.25, 0.3) is 15.9 Å². The van der Waals surface area contributed by atoms with Crippen LogP contribution in [0.4, 0.5) is 4.39 Å². The van der Waals surface area contributed by atoms with Gasteiger partial charge in [0, 0.05) is 27.2 Å². The molecule has 174 valence electrons. The fourth-order valence-electron chi connectivity index (χ4n) is 4.27. The molecule has 1 aliphatic carbocycles. The summed E-state index contributed by atoms with van der Waals surface area (Å²) in [6.45, 7) is 7.64. The van der Waals surface area contributed by atoms with Crippen molar-refractivity contribution < 1.29 is 22.4 Å². The van der Waals surface area contributed by atoms with Crippen LogP contribution in [0.1, 0.15) is 73.1 Å². The summed E-state index contributed by atoms with van der Waals surface area (Å²) in [4.78, 5) is 26.7. The van der Waals surface area contributed by atoms with E-state index in [9.17, 15) is 22.4 Å². The summed E-state index contributed by atoms with van der Waals surface area (Å²) in [7, 11) is 0.223. The molecule has 8 nitrogen and oxygen atoms in total. The molecule has 1 unspecified atom stereocenters. The van der Waals surface area contributed by atoms with Gasteiger partial charge in [-0.2, -0.15) is 13.5 Å². The minimum Gasteiger partial charge on any atom is -0.343 e. The first kappa shape index (κ1) is 23.9. The van der Waals surface area contributed by atoms with Crippen LogP contribution in [-0.2, 0) is 27.3 Å². The van der Waals surface area contributed by atoms with E-state index in [1.165, 1.54) is 24.1 Å². The van der Waals surface area contributed by atoms with Crippen molar-refractivity contribution in [3.63, 3.8) is 0 Å². The van der Waals surface area contributed by atoms with E-state index >= 15 is 0 Å². The summed E-state index contributed by atoms with van der Waals surface area (Å²) in [5, 5.41) is 3.50. The van der Waals surface area contributed by atoms with Crippen molar-refractivity contribution in [2.45, 2.75) is 56.4 Å². The molecule has 0 bridgehead atoms. The standard InChI is InChI=1S/C22H29FN4O4S/c1-12(2)14-8-13(23)9-16-19(14)15(11-22(16,3)4)20(28)25-32(30,31)18-10-17(27(7)24-18)21(29)26(5)6/h8-10,12,15H,11H2,1-7H3,(H,25,28). The highest BCUT2D eigenvalue weighted by atomic mass is 32.2. The minimum absolute atomic E-state index is 0.0457. The summed E-state index contributed by atoms with van der Waals surface area (Å²) in [6, 6.07) is 3.98. The first-order valence-electron chi connectivity index (χ1n) is 10.3. The number of aryl methyl sites for hydroxylation is 1. The van der Waals surface area contributed by atoms with Gasteiger partial charge in [-0.15, -0.1) is 0 Å². The Labute approximate surface area is 187 Å². The molecule has 0 fully saturated rings. The molecule has 0 radical (unpaired) electrons. The van der Waals surface area contributed by atoms with Crippen LogP contribution in [0.25, 0.3) is 0 Å². The molecule has 1 aliphatic rings. The van der Waals surface area contributed by atoms with E-state index in [0.29, 0.717) is 17.5 Å². The first-order chi connectivity index (χ1) is 14.7. The Hall–Kier alpha value is -2.75. The largest absolute Gasteiger partial charge is 0.343 e. The molecule has 1 aromatic carbocycles. The predicted octanol–water partition coefficient (Wildman–Crippen LogP) is 2.65. The molecule has 0 spiro atoms. The fourth-order valence-corrected chi connectivity index (χ4v) is 5.28. The van der Waals surface area contributed by atoms with Gasteiger partial charge in [0.05, 0.1) is 5.92 Å². The lowest BCUT2D eigenvalue weighted by Gasteiger charge is -2.20. The number of nitrogens with zero attached hydrogens (tertiary/aromatic N) is 3. The molecule has 2 aromatic rings. The lowest BCUT2D eigenvalue weighted by Crippen LogP contribution is -2.35. The minimum atomic E-state index is -4.32. The second-order valence-electron chi connectivity index (χ2n) is 9.41. The number of halogens is 1. The average molecular weight is 465 g/mol. The summed E-state index contributed by atoms with van der Waals surface area (Å²) in [6.07, 6.45) is 0.347. The molecule has 2 amide bonds. The Morgan fingerprint density at radius 1 is 1.25 bits per heavy atom. The molecule has 32 heavy (non-hydrogen) atoms. The normalized spacial score (nSPS) is 17.3. The van der Waals surface area contributed by atoms with Gasteiger partial charge in [-0.3, -0.25) is 14.3 Å². The molecule has 1 N–H and O–H groups in total. The van der Waals surface area contributed by atoms with E-state index < -0.39 is 38.2 Å². The summed E-state index contributed by atoms with van der Waals surface area (Å²) < 4.78 is 43.4. The molecule has 1 atom stereocenters. The molecule has 0 aliphatic heterocycles. The maximum Gasteiger partial charge on any atom is 0.283 e. The molecular formula is C22H29FN4O4S. The third-order valence-electron chi connectivity index (χ3n) is 5.90. The van der Waals surface area contributed by atoms with Gasteiger partial charge < -0.3 is 4.90 Å². The van der Waals surface area contributed by atoms with Crippen LogP contribution < -0.4 is 4.72 Å². The fraction of sp³-hybridized carbons (Fsp3) is 0.500. The lowest BCUT2D eigenvalue weighted by atomic mass is 9.85. The zero-order valence-corrected chi connectivity index (χ0v) is 20.2. The van der Waals surface area contributed by atoms with Gasteiger partial charge in [0.2, 0.25) is 5.91 Å². The molecule has 0 saturated carbocycles. The number of amides is 2. The highest BCUT2D eigenvalue weighted by Crippen LogP contribution is 2.49.